The number of carbonyl (C=O) groups is 1. The third-order valence-corrected chi connectivity index (χ3v) is 5.52. The number of rotatable bonds is 2. The molecule has 4 rings (SSSR count). The number of aromatic nitrogens is 3. The maximum absolute atomic E-state index is 12.6. The molecule has 1 aliphatic carbocycles. The molecule has 0 amide bonds. The van der Waals surface area contributed by atoms with Gasteiger partial charge in [-0.25, -0.2) is 9.78 Å². The summed E-state index contributed by atoms with van der Waals surface area (Å²) in [4.78, 5) is 17.4. The van der Waals surface area contributed by atoms with Crippen LogP contribution in [0.1, 0.15) is 31.9 Å². The highest BCUT2D eigenvalue weighted by molar-refractivity contribution is 14.1. The molecule has 1 N–H and O–H groups in total. The molecule has 0 aliphatic heterocycles. The Morgan fingerprint density at radius 3 is 2.76 bits per heavy atom. The highest BCUT2D eigenvalue weighted by Gasteiger charge is 2.27. The zero-order valence-electron chi connectivity index (χ0n) is 16.7. The van der Waals surface area contributed by atoms with Crippen LogP contribution in [0.25, 0.3) is 22.3 Å². The average molecular weight is 507 g/mol. The minimum atomic E-state index is -0.635. The minimum Gasteiger partial charge on any atom is -0.494 e. The van der Waals surface area contributed by atoms with Crippen LogP contribution in [-0.2, 0) is 17.6 Å². The lowest BCUT2D eigenvalue weighted by atomic mass is 9.99. The van der Waals surface area contributed by atoms with Gasteiger partial charge in [-0.15, -0.1) is 0 Å². The van der Waals surface area contributed by atoms with Gasteiger partial charge in [0.1, 0.15) is 31.8 Å². The smallest absolute Gasteiger partial charge is 0.435 e. The van der Waals surface area contributed by atoms with Gasteiger partial charge < -0.3 is 14.6 Å². The largest absolute Gasteiger partial charge is 0.494 e. The molecular formula is C21H22IN3O4. The molecule has 152 valence electrons. The molecule has 1 unspecified atom stereocenters. The number of pyridine rings is 1. The first-order valence-electron chi connectivity index (χ1n) is 9.33. The van der Waals surface area contributed by atoms with E-state index in [0.717, 1.165) is 16.7 Å². The van der Waals surface area contributed by atoms with Crippen molar-refractivity contribution in [1.29, 1.82) is 0 Å². The molecule has 1 aliphatic rings. The number of carbonyl (C=O) groups excluding carboxylic acids is 1. The Balaban J connectivity index is 1.88. The van der Waals surface area contributed by atoms with Crippen LogP contribution >= 0.6 is 22.6 Å². The van der Waals surface area contributed by atoms with Gasteiger partial charge >= 0.3 is 6.09 Å². The van der Waals surface area contributed by atoms with Crippen LogP contribution in [0.3, 0.4) is 0 Å². The fourth-order valence-corrected chi connectivity index (χ4v) is 4.24. The van der Waals surface area contributed by atoms with Crippen molar-refractivity contribution in [3.63, 3.8) is 0 Å². The van der Waals surface area contributed by atoms with Crippen molar-refractivity contribution < 1.29 is 19.4 Å². The summed E-state index contributed by atoms with van der Waals surface area (Å²) in [7, 11) is 1.57. The number of nitrogens with zero attached hydrogens (tertiary/aromatic N) is 3. The quantitative estimate of drug-likeness (QED) is 0.529. The Labute approximate surface area is 182 Å². The summed E-state index contributed by atoms with van der Waals surface area (Å²) in [5, 5.41) is 14.4. The van der Waals surface area contributed by atoms with E-state index in [2.05, 4.69) is 27.7 Å². The molecule has 2 heterocycles. The number of benzene rings is 1. The number of halogens is 1. The van der Waals surface area contributed by atoms with Crippen molar-refractivity contribution in [1.82, 2.24) is 14.8 Å². The third kappa shape index (κ3) is 3.71. The van der Waals surface area contributed by atoms with Gasteiger partial charge in [0.15, 0.2) is 0 Å². The lowest BCUT2D eigenvalue weighted by Crippen LogP contribution is -2.27. The molecule has 1 atom stereocenters. The Morgan fingerprint density at radius 2 is 2.07 bits per heavy atom. The Hall–Kier alpha value is -2.20. The van der Waals surface area contributed by atoms with E-state index in [4.69, 9.17) is 14.5 Å². The summed E-state index contributed by atoms with van der Waals surface area (Å²) in [6.07, 6.45) is 0.284. The van der Waals surface area contributed by atoms with Crippen molar-refractivity contribution in [2.75, 3.05) is 7.11 Å². The van der Waals surface area contributed by atoms with Gasteiger partial charge in [-0.1, -0.05) is 18.2 Å². The number of hydrogen-bond acceptors (Lipinski definition) is 6. The lowest BCUT2D eigenvalue weighted by molar-refractivity contribution is 0.0522. The number of ether oxygens (including phenoxy) is 2. The molecule has 3 aromatic rings. The monoisotopic (exact) mass is 507 g/mol. The molecule has 8 heteroatoms. The van der Waals surface area contributed by atoms with Crippen molar-refractivity contribution in [2.45, 2.75) is 45.3 Å². The van der Waals surface area contributed by atoms with Crippen LogP contribution < -0.4 is 4.74 Å². The van der Waals surface area contributed by atoms with Gasteiger partial charge in [-0.05, 0) is 67.3 Å². The van der Waals surface area contributed by atoms with Crippen LogP contribution in [0.4, 0.5) is 4.79 Å². The molecule has 0 fully saturated rings. The topological polar surface area (TPSA) is 86.5 Å². The van der Waals surface area contributed by atoms with Gasteiger partial charge in [0.2, 0.25) is 0 Å². The Kier molecular flexibility index (Phi) is 5.02. The van der Waals surface area contributed by atoms with E-state index in [1.165, 1.54) is 4.68 Å². The van der Waals surface area contributed by atoms with Crippen LogP contribution in [0.2, 0.25) is 0 Å². The Bertz CT molecular complexity index is 1120. The normalized spacial score (nSPS) is 16.1. The molecule has 2 aromatic heterocycles. The fraction of sp³-hybridized carbons (Fsp3) is 0.381. The van der Waals surface area contributed by atoms with Gasteiger partial charge in [0.05, 0.1) is 13.2 Å². The molecule has 0 radical (unpaired) electrons. The average Bonchev–Trinajstić information content (AvgIpc) is 3.18. The zero-order valence-corrected chi connectivity index (χ0v) is 18.9. The first-order chi connectivity index (χ1) is 13.7. The van der Waals surface area contributed by atoms with Crippen molar-refractivity contribution in [3.05, 3.63) is 39.1 Å². The van der Waals surface area contributed by atoms with E-state index in [1.807, 2.05) is 39.0 Å². The summed E-state index contributed by atoms with van der Waals surface area (Å²) in [6, 6.07) is 7.75. The highest BCUT2D eigenvalue weighted by Crippen LogP contribution is 2.38. The second-order valence-electron chi connectivity index (χ2n) is 8.10. The number of methoxy groups -OCH3 is 1. The third-order valence-electron chi connectivity index (χ3n) is 4.79. The van der Waals surface area contributed by atoms with Crippen LogP contribution in [0.15, 0.2) is 24.3 Å². The van der Waals surface area contributed by atoms with Crippen molar-refractivity contribution in [3.8, 4) is 17.0 Å². The molecule has 7 nitrogen and oxygen atoms in total. The number of fused-ring (bicyclic) bond motifs is 2. The standard InChI is InChI=1S/C21H22IN3O4/c1-21(2,3)29-20(27)25-15-10-16(28-4)17(23-18(15)19(22)24-25)13-7-5-6-11-8-12(26)9-14(11)13/h5-7,10,12,26H,8-9H2,1-4H3. The fourth-order valence-electron chi connectivity index (χ4n) is 3.63. The van der Waals surface area contributed by atoms with Gasteiger partial charge in [-0.3, -0.25) is 0 Å². The van der Waals surface area contributed by atoms with Gasteiger partial charge in [-0.2, -0.15) is 9.78 Å². The maximum atomic E-state index is 12.6. The van der Waals surface area contributed by atoms with Crippen LogP contribution in [-0.4, -0.2) is 44.8 Å². The second kappa shape index (κ2) is 7.24. The lowest BCUT2D eigenvalue weighted by Gasteiger charge is -2.19. The van der Waals surface area contributed by atoms with E-state index in [-0.39, 0.29) is 6.10 Å². The zero-order chi connectivity index (χ0) is 20.9. The predicted molar refractivity (Wildman–Crippen MR) is 117 cm³/mol. The summed E-state index contributed by atoms with van der Waals surface area (Å²) in [5.74, 6) is 0.536. The molecule has 0 saturated heterocycles. The van der Waals surface area contributed by atoms with Crippen LogP contribution in [0.5, 0.6) is 5.75 Å². The summed E-state index contributed by atoms with van der Waals surface area (Å²) < 4.78 is 12.9. The summed E-state index contributed by atoms with van der Waals surface area (Å²) >= 11 is 2.07. The van der Waals surface area contributed by atoms with E-state index in [1.54, 1.807) is 13.2 Å². The first kappa shape index (κ1) is 20.1. The molecule has 0 bridgehead atoms. The summed E-state index contributed by atoms with van der Waals surface area (Å²) in [5.41, 5.74) is 4.30. The van der Waals surface area contributed by atoms with Crippen LogP contribution in [0, 0.1) is 3.70 Å². The number of aliphatic hydroxyl groups is 1. The van der Waals surface area contributed by atoms with Gasteiger partial charge in [0.25, 0.3) is 0 Å². The number of hydrogen-bond donors (Lipinski definition) is 1. The van der Waals surface area contributed by atoms with Crippen molar-refractivity contribution >= 4 is 39.7 Å². The highest BCUT2D eigenvalue weighted by atomic mass is 127. The molecule has 29 heavy (non-hydrogen) atoms. The van der Waals surface area contributed by atoms with E-state index in [9.17, 15) is 9.90 Å². The SMILES string of the molecule is COc1cc2c(nc1-c1cccc3c1CC(O)C3)c(I)nn2C(=O)OC(C)(C)C. The molecule has 1 aromatic carbocycles. The summed E-state index contributed by atoms with van der Waals surface area (Å²) in [6.45, 7) is 5.43. The molecular weight excluding hydrogens is 485 g/mol. The molecule has 0 saturated carbocycles. The van der Waals surface area contributed by atoms with E-state index in [0.29, 0.717) is 39.0 Å². The first-order valence-corrected chi connectivity index (χ1v) is 10.4. The van der Waals surface area contributed by atoms with E-state index >= 15 is 0 Å². The predicted octanol–water partition coefficient (Wildman–Crippen LogP) is 3.95. The molecule has 0 spiro atoms. The minimum absolute atomic E-state index is 0.379. The number of aliphatic hydroxyl groups excluding tert-OH is 1. The van der Waals surface area contributed by atoms with Crippen molar-refractivity contribution in [2.24, 2.45) is 0 Å². The Morgan fingerprint density at radius 1 is 1.31 bits per heavy atom. The van der Waals surface area contributed by atoms with E-state index < -0.39 is 11.7 Å². The van der Waals surface area contributed by atoms with Gasteiger partial charge in [0, 0.05) is 11.6 Å². The maximum Gasteiger partial charge on any atom is 0.435 e. The second-order valence-corrected chi connectivity index (χ2v) is 9.12.